The van der Waals surface area contributed by atoms with Gasteiger partial charge in [-0.25, -0.2) is 0 Å². The summed E-state index contributed by atoms with van der Waals surface area (Å²) in [7, 11) is 0. The molecule has 2 heteroatoms. The lowest BCUT2D eigenvalue weighted by Crippen LogP contribution is -2.59. The van der Waals surface area contributed by atoms with E-state index in [2.05, 4.69) is 58.7 Å². The van der Waals surface area contributed by atoms with E-state index in [1.54, 1.807) is 0 Å². The Kier molecular flexibility index (Phi) is 4.65. The van der Waals surface area contributed by atoms with Crippen LogP contribution in [0.2, 0.25) is 0 Å². The van der Waals surface area contributed by atoms with Crippen molar-refractivity contribution in [3.63, 3.8) is 0 Å². The van der Waals surface area contributed by atoms with Crippen molar-refractivity contribution in [2.45, 2.75) is 67.0 Å². The normalized spacial score (nSPS) is 28.4. The highest BCUT2D eigenvalue weighted by atomic mass is 15.2. The number of nitrogens with zero attached hydrogens (tertiary/aromatic N) is 1. The average Bonchev–Trinajstić information content (AvgIpc) is 2.13. The van der Waals surface area contributed by atoms with Gasteiger partial charge in [0.25, 0.3) is 0 Å². The molecule has 0 amide bonds. The molecule has 1 aliphatic rings. The molecule has 0 radical (unpaired) electrons. The smallest absolute Gasteiger partial charge is 0.0244 e. The van der Waals surface area contributed by atoms with Crippen LogP contribution < -0.4 is 5.32 Å². The summed E-state index contributed by atoms with van der Waals surface area (Å²) in [4.78, 5) is 2.66. The van der Waals surface area contributed by atoms with Gasteiger partial charge in [-0.05, 0) is 30.7 Å². The molecule has 1 rings (SSSR count). The first-order chi connectivity index (χ1) is 7.59. The van der Waals surface area contributed by atoms with Crippen molar-refractivity contribution >= 4 is 0 Å². The van der Waals surface area contributed by atoms with Crippen molar-refractivity contribution < 1.29 is 0 Å². The van der Waals surface area contributed by atoms with Gasteiger partial charge in [-0.2, -0.15) is 0 Å². The van der Waals surface area contributed by atoms with Crippen molar-refractivity contribution in [2.75, 3.05) is 19.6 Å². The zero-order valence-corrected chi connectivity index (χ0v) is 12.9. The first kappa shape index (κ1) is 15.0. The summed E-state index contributed by atoms with van der Waals surface area (Å²) in [5.74, 6) is 0. The predicted octanol–water partition coefficient (Wildman–Crippen LogP) is 3.13. The molecule has 0 aromatic heterocycles. The summed E-state index contributed by atoms with van der Waals surface area (Å²) in [6.45, 7) is 19.9. The second-order valence-electron chi connectivity index (χ2n) is 7.98. The van der Waals surface area contributed by atoms with Crippen LogP contribution in [0.3, 0.4) is 0 Å². The summed E-state index contributed by atoms with van der Waals surface area (Å²) in [5.41, 5.74) is 0.807. The van der Waals surface area contributed by atoms with Crippen LogP contribution in [0.5, 0.6) is 0 Å². The number of hydrogen-bond acceptors (Lipinski definition) is 2. The molecule has 2 atom stereocenters. The molecule has 102 valence electrons. The molecule has 1 heterocycles. The minimum Gasteiger partial charge on any atom is -0.311 e. The maximum atomic E-state index is 3.69. The molecular formula is C15H32N2. The van der Waals surface area contributed by atoms with Crippen molar-refractivity contribution in [1.82, 2.24) is 10.2 Å². The first-order valence-corrected chi connectivity index (χ1v) is 7.07. The molecule has 0 aromatic carbocycles. The van der Waals surface area contributed by atoms with Crippen molar-refractivity contribution in [1.29, 1.82) is 0 Å². The molecule has 17 heavy (non-hydrogen) atoms. The lowest BCUT2D eigenvalue weighted by molar-refractivity contribution is 0.0839. The molecule has 1 N–H and O–H groups in total. The van der Waals surface area contributed by atoms with Gasteiger partial charge in [0, 0.05) is 25.2 Å². The molecule has 0 aromatic rings. The fourth-order valence-corrected chi connectivity index (χ4v) is 2.29. The van der Waals surface area contributed by atoms with Gasteiger partial charge >= 0.3 is 0 Å². The highest BCUT2D eigenvalue weighted by Gasteiger charge is 2.32. The lowest BCUT2D eigenvalue weighted by atomic mass is 9.84. The van der Waals surface area contributed by atoms with Crippen LogP contribution in [-0.4, -0.2) is 36.6 Å². The third-order valence-corrected chi connectivity index (χ3v) is 3.89. The molecule has 2 nitrogen and oxygen atoms in total. The predicted molar refractivity (Wildman–Crippen MR) is 76.4 cm³/mol. The molecule has 1 fully saturated rings. The van der Waals surface area contributed by atoms with E-state index in [9.17, 15) is 0 Å². The van der Waals surface area contributed by atoms with E-state index in [0.29, 0.717) is 22.9 Å². The molecule has 0 bridgehead atoms. The Bertz CT molecular complexity index is 234. The van der Waals surface area contributed by atoms with E-state index >= 15 is 0 Å². The van der Waals surface area contributed by atoms with Crippen LogP contribution in [0, 0.1) is 10.8 Å². The maximum absolute atomic E-state index is 3.69. The van der Waals surface area contributed by atoms with Crippen LogP contribution >= 0.6 is 0 Å². The van der Waals surface area contributed by atoms with Crippen molar-refractivity contribution in [3.05, 3.63) is 0 Å². The Hall–Kier alpha value is -0.0800. The average molecular weight is 240 g/mol. The fourth-order valence-electron chi connectivity index (χ4n) is 2.29. The zero-order valence-electron chi connectivity index (χ0n) is 12.9. The fraction of sp³-hybridized carbons (Fsp3) is 1.00. The Morgan fingerprint density at radius 2 is 1.71 bits per heavy atom. The van der Waals surface area contributed by atoms with Gasteiger partial charge in [0.2, 0.25) is 0 Å². The van der Waals surface area contributed by atoms with E-state index < -0.39 is 0 Å². The van der Waals surface area contributed by atoms with Gasteiger partial charge in [0.15, 0.2) is 0 Å². The minimum atomic E-state index is 0.361. The number of nitrogens with one attached hydrogen (secondary N) is 1. The quantitative estimate of drug-likeness (QED) is 0.798. The highest BCUT2D eigenvalue weighted by molar-refractivity contribution is 4.90. The van der Waals surface area contributed by atoms with Crippen LogP contribution in [0.1, 0.15) is 54.9 Å². The SMILES string of the molecule is CC1CNC(C(C)(C)C)CN1CCC(C)(C)C. The highest BCUT2D eigenvalue weighted by Crippen LogP contribution is 2.25. The molecule has 0 saturated carbocycles. The largest absolute Gasteiger partial charge is 0.311 e. The van der Waals surface area contributed by atoms with Gasteiger partial charge < -0.3 is 5.32 Å². The molecule has 2 unspecified atom stereocenters. The van der Waals surface area contributed by atoms with Gasteiger partial charge in [-0.3, -0.25) is 4.90 Å². The molecular weight excluding hydrogens is 208 g/mol. The van der Waals surface area contributed by atoms with Gasteiger partial charge in [0.05, 0.1) is 0 Å². The van der Waals surface area contributed by atoms with E-state index in [4.69, 9.17) is 0 Å². The number of rotatable bonds is 2. The van der Waals surface area contributed by atoms with Crippen LogP contribution in [0.4, 0.5) is 0 Å². The van der Waals surface area contributed by atoms with Crippen LogP contribution in [0.25, 0.3) is 0 Å². The van der Waals surface area contributed by atoms with E-state index in [1.165, 1.54) is 19.5 Å². The molecule has 0 spiro atoms. The number of piperazine rings is 1. The summed E-state index contributed by atoms with van der Waals surface area (Å²) in [5, 5.41) is 3.69. The van der Waals surface area contributed by atoms with Gasteiger partial charge in [-0.1, -0.05) is 41.5 Å². The Morgan fingerprint density at radius 3 is 2.18 bits per heavy atom. The molecule has 0 aliphatic carbocycles. The van der Waals surface area contributed by atoms with Crippen molar-refractivity contribution in [2.24, 2.45) is 10.8 Å². The van der Waals surface area contributed by atoms with E-state index in [0.717, 1.165) is 6.54 Å². The monoisotopic (exact) mass is 240 g/mol. The molecule has 1 saturated heterocycles. The van der Waals surface area contributed by atoms with E-state index in [-0.39, 0.29) is 0 Å². The standard InChI is InChI=1S/C15H32N2/c1-12-10-16-13(15(5,6)7)11-17(12)9-8-14(2,3)4/h12-13,16H,8-11H2,1-7H3. The second-order valence-corrected chi connectivity index (χ2v) is 7.98. The third kappa shape index (κ3) is 4.97. The van der Waals surface area contributed by atoms with Crippen LogP contribution in [-0.2, 0) is 0 Å². The number of hydrogen-bond donors (Lipinski definition) is 1. The van der Waals surface area contributed by atoms with E-state index in [1.807, 2.05) is 0 Å². The minimum absolute atomic E-state index is 0.361. The Balaban J connectivity index is 2.52. The third-order valence-electron chi connectivity index (χ3n) is 3.89. The summed E-state index contributed by atoms with van der Waals surface area (Å²) >= 11 is 0. The summed E-state index contributed by atoms with van der Waals surface area (Å²) in [6.07, 6.45) is 1.29. The maximum Gasteiger partial charge on any atom is 0.0244 e. The molecule has 1 aliphatic heterocycles. The van der Waals surface area contributed by atoms with Gasteiger partial charge in [0.1, 0.15) is 0 Å². The Morgan fingerprint density at radius 1 is 1.12 bits per heavy atom. The van der Waals surface area contributed by atoms with Crippen molar-refractivity contribution in [3.8, 4) is 0 Å². The van der Waals surface area contributed by atoms with Gasteiger partial charge in [-0.15, -0.1) is 0 Å². The first-order valence-electron chi connectivity index (χ1n) is 7.07. The lowest BCUT2D eigenvalue weighted by Gasteiger charge is -2.44. The topological polar surface area (TPSA) is 15.3 Å². The second kappa shape index (κ2) is 5.27. The van der Waals surface area contributed by atoms with Crippen LogP contribution in [0.15, 0.2) is 0 Å². The Labute approximate surface area is 108 Å². The summed E-state index contributed by atoms with van der Waals surface area (Å²) in [6, 6.07) is 1.30. The zero-order chi connectivity index (χ0) is 13.3. The summed E-state index contributed by atoms with van der Waals surface area (Å²) < 4.78 is 0.